The predicted molar refractivity (Wildman–Crippen MR) is 140 cm³/mol. The molecule has 0 saturated carbocycles. The van der Waals surface area contributed by atoms with Crippen molar-refractivity contribution in [1.29, 1.82) is 0 Å². The number of fused-ring (bicyclic) bond motifs is 4. The molecule has 4 aromatic heterocycles. The molecule has 3 aliphatic rings. The fourth-order valence-electron chi connectivity index (χ4n) is 6.05. The zero-order chi connectivity index (χ0) is 24.4. The second kappa shape index (κ2) is 8.62. The first-order valence-corrected chi connectivity index (χ1v) is 13.5. The molecule has 0 bridgehead atoms. The van der Waals surface area contributed by atoms with Crippen LogP contribution in [0.4, 0.5) is 11.5 Å². The largest absolute Gasteiger partial charge is 0.353 e. The average molecular weight is 507 g/mol. The number of pyridine rings is 1. The topological polar surface area (TPSA) is 118 Å². The molecule has 3 atom stereocenters. The van der Waals surface area contributed by atoms with Gasteiger partial charge in [0.15, 0.2) is 0 Å². The molecule has 0 aromatic carbocycles. The van der Waals surface area contributed by atoms with Crippen molar-refractivity contribution in [2.24, 2.45) is 5.92 Å². The summed E-state index contributed by atoms with van der Waals surface area (Å²) >= 11 is 1.76. The van der Waals surface area contributed by atoms with Crippen LogP contribution >= 0.6 is 11.3 Å². The number of aromatic nitrogens is 5. The number of epoxide rings is 1. The average Bonchev–Trinajstić information content (AvgIpc) is 3.40. The number of likely N-dealkylation sites (tertiary alicyclic amines) is 1. The Morgan fingerprint density at radius 2 is 2.08 bits per heavy atom. The fourth-order valence-corrected chi connectivity index (χ4v) is 7.33. The molecule has 2 saturated heterocycles. The summed E-state index contributed by atoms with van der Waals surface area (Å²) in [4.78, 5) is 31.8. The van der Waals surface area contributed by atoms with Crippen LogP contribution in [0.2, 0.25) is 0 Å². The summed E-state index contributed by atoms with van der Waals surface area (Å²) in [5, 5.41) is 11.9. The van der Waals surface area contributed by atoms with Gasteiger partial charge in [-0.3, -0.25) is 14.8 Å². The number of anilines is 2. The number of nitrogens with one attached hydrogen (secondary N) is 3. The predicted octanol–water partition coefficient (Wildman–Crippen LogP) is 2.86. The van der Waals surface area contributed by atoms with E-state index in [4.69, 9.17) is 4.74 Å². The van der Waals surface area contributed by atoms with E-state index in [1.54, 1.807) is 29.9 Å². The number of aromatic amines is 2. The fraction of sp³-hybridized carbons (Fsp3) is 0.520. The molecule has 0 amide bonds. The molecule has 3 N–H and O–H groups in total. The summed E-state index contributed by atoms with van der Waals surface area (Å²) in [7, 11) is 4.37. The summed E-state index contributed by atoms with van der Waals surface area (Å²) < 4.78 is 6.26. The lowest BCUT2D eigenvalue weighted by atomic mass is 9.85. The van der Waals surface area contributed by atoms with Gasteiger partial charge >= 0.3 is 0 Å². The van der Waals surface area contributed by atoms with E-state index in [9.17, 15) is 4.79 Å². The third-order valence-corrected chi connectivity index (χ3v) is 9.31. The summed E-state index contributed by atoms with van der Waals surface area (Å²) in [5.41, 5.74) is 2.16. The molecule has 3 unspecified atom stereocenters. The normalized spacial score (nSPS) is 25.0. The maximum absolute atomic E-state index is 12.6. The van der Waals surface area contributed by atoms with Gasteiger partial charge in [0, 0.05) is 29.4 Å². The Morgan fingerprint density at radius 3 is 2.92 bits per heavy atom. The Bertz CT molecular complexity index is 1480. The van der Waals surface area contributed by atoms with Crippen molar-refractivity contribution in [1.82, 2.24) is 34.9 Å². The van der Waals surface area contributed by atoms with Gasteiger partial charge in [-0.15, -0.1) is 11.3 Å². The first kappa shape index (κ1) is 22.3. The highest BCUT2D eigenvalue weighted by atomic mass is 32.1. The smallest absolute Gasteiger partial charge is 0.273 e. The summed E-state index contributed by atoms with van der Waals surface area (Å²) in [6.45, 7) is 2.25. The molecule has 4 aromatic rings. The van der Waals surface area contributed by atoms with Gasteiger partial charge < -0.3 is 19.9 Å². The number of rotatable bonds is 5. The third-order valence-electron chi connectivity index (χ3n) is 8.14. The van der Waals surface area contributed by atoms with Crippen LogP contribution in [0.3, 0.4) is 0 Å². The number of hydrogen-bond donors (Lipinski definition) is 3. The summed E-state index contributed by atoms with van der Waals surface area (Å²) in [6, 6.07) is 2.49. The molecule has 188 valence electrons. The van der Waals surface area contributed by atoms with Crippen LogP contribution in [-0.2, 0) is 17.6 Å². The van der Waals surface area contributed by atoms with Crippen molar-refractivity contribution in [2.75, 3.05) is 32.5 Å². The monoisotopic (exact) mass is 506 g/mol. The molecule has 7 rings (SSSR count). The highest BCUT2D eigenvalue weighted by Gasteiger charge is 2.49. The Labute approximate surface area is 212 Å². The number of piperidine rings is 1. The molecular formula is C25H30N8O2S. The van der Waals surface area contributed by atoms with Crippen LogP contribution in [0.1, 0.15) is 29.7 Å². The minimum absolute atomic E-state index is 0.214. The Balaban J connectivity index is 1.10. The van der Waals surface area contributed by atoms with Crippen LogP contribution in [-0.4, -0.2) is 80.5 Å². The van der Waals surface area contributed by atoms with E-state index >= 15 is 0 Å². The number of thiophene rings is 1. The zero-order valence-corrected chi connectivity index (χ0v) is 21.3. The minimum Gasteiger partial charge on any atom is -0.353 e. The van der Waals surface area contributed by atoms with Crippen LogP contribution in [0.5, 0.6) is 0 Å². The van der Waals surface area contributed by atoms with E-state index in [1.165, 1.54) is 23.3 Å². The Hall–Kier alpha value is -2.86. The van der Waals surface area contributed by atoms with E-state index in [0.717, 1.165) is 48.0 Å². The molecule has 2 fully saturated rings. The second-order valence-corrected chi connectivity index (χ2v) is 11.6. The van der Waals surface area contributed by atoms with E-state index in [-0.39, 0.29) is 11.8 Å². The first-order chi connectivity index (χ1) is 17.5. The quantitative estimate of drug-likeness (QED) is 0.354. The number of hydrogen-bond acceptors (Lipinski definition) is 9. The summed E-state index contributed by atoms with van der Waals surface area (Å²) in [6.07, 6.45) is 9.43. The number of aryl methyl sites for hydroxylation is 1. The van der Waals surface area contributed by atoms with Crippen LogP contribution in [0.15, 0.2) is 23.4 Å². The lowest BCUT2D eigenvalue weighted by Gasteiger charge is -2.34. The number of nitrogens with zero attached hydrogens (tertiary/aromatic N) is 5. The molecule has 1 aliphatic carbocycles. The van der Waals surface area contributed by atoms with E-state index < -0.39 is 0 Å². The molecular weight excluding hydrogens is 476 g/mol. The van der Waals surface area contributed by atoms with Gasteiger partial charge in [-0.2, -0.15) is 5.10 Å². The lowest BCUT2D eigenvalue weighted by Crippen LogP contribution is -2.44. The van der Waals surface area contributed by atoms with Gasteiger partial charge in [0.2, 0.25) is 0 Å². The minimum atomic E-state index is -0.214. The maximum atomic E-state index is 12.6. The van der Waals surface area contributed by atoms with Crippen molar-refractivity contribution >= 4 is 44.1 Å². The molecule has 36 heavy (non-hydrogen) atoms. The van der Waals surface area contributed by atoms with Crippen molar-refractivity contribution in [2.45, 2.75) is 50.5 Å². The van der Waals surface area contributed by atoms with E-state index in [2.05, 4.69) is 54.4 Å². The zero-order valence-electron chi connectivity index (χ0n) is 20.5. The van der Waals surface area contributed by atoms with Gasteiger partial charge in [-0.1, -0.05) is 0 Å². The maximum Gasteiger partial charge on any atom is 0.273 e. The number of ether oxygens (including phenoxy) is 1. The van der Waals surface area contributed by atoms with Crippen molar-refractivity contribution in [3.8, 4) is 0 Å². The van der Waals surface area contributed by atoms with Gasteiger partial charge in [-0.05, 0) is 63.7 Å². The standard InChI is InChI=1S/C25H30N8O2S/c1-32(2)15-5-7-33(8-6-15)25-20(35-25)13-3-4-16-18(10-13)36-24-19(16)22(26-12-27-24)29-17-9-14-11-28-31-21(14)30-23(17)34/h9,11-13,15,20,25H,3-8,10H2,1-2H3,(H,26,27,29)(H2,28,30,31,34). The molecule has 11 heteroatoms. The third kappa shape index (κ3) is 3.81. The van der Waals surface area contributed by atoms with Crippen LogP contribution in [0.25, 0.3) is 21.3 Å². The van der Waals surface area contributed by atoms with Crippen LogP contribution < -0.4 is 10.9 Å². The van der Waals surface area contributed by atoms with Gasteiger partial charge in [0.25, 0.3) is 5.56 Å². The lowest BCUT2D eigenvalue weighted by molar-refractivity contribution is 0.103. The highest BCUT2D eigenvalue weighted by molar-refractivity contribution is 7.19. The van der Waals surface area contributed by atoms with Gasteiger partial charge in [0.1, 0.15) is 40.6 Å². The van der Waals surface area contributed by atoms with Crippen molar-refractivity contribution in [3.63, 3.8) is 0 Å². The molecule has 0 spiro atoms. The molecule has 10 nitrogen and oxygen atoms in total. The molecule has 0 radical (unpaired) electrons. The summed E-state index contributed by atoms with van der Waals surface area (Å²) in [5.74, 6) is 1.23. The van der Waals surface area contributed by atoms with Gasteiger partial charge in [-0.25, -0.2) is 9.97 Å². The Morgan fingerprint density at radius 1 is 1.22 bits per heavy atom. The second-order valence-electron chi connectivity index (χ2n) is 10.5. The van der Waals surface area contributed by atoms with E-state index in [1.807, 2.05) is 0 Å². The molecule has 2 aliphatic heterocycles. The van der Waals surface area contributed by atoms with Crippen molar-refractivity contribution < 1.29 is 4.74 Å². The van der Waals surface area contributed by atoms with Crippen molar-refractivity contribution in [3.05, 3.63) is 39.4 Å². The first-order valence-electron chi connectivity index (χ1n) is 12.7. The van der Waals surface area contributed by atoms with Gasteiger partial charge in [0.05, 0.1) is 11.6 Å². The van der Waals surface area contributed by atoms with E-state index in [0.29, 0.717) is 35.2 Å². The van der Waals surface area contributed by atoms with Crippen LogP contribution in [0, 0.1) is 5.92 Å². The Kier molecular flexibility index (Phi) is 5.35. The number of H-pyrrole nitrogens is 2. The SMILES string of the molecule is CN(C)C1CCN(C2OC2C2CCc3c(sc4ncnc(Nc5cc6cn[nH]c6[nH]c5=O)c34)C2)CC1. The molecule has 6 heterocycles. The highest BCUT2D eigenvalue weighted by Crippen LogP contribution is 2.45.